The number of hydrogen-bond acceptors (Lipinski definition) is 4. The van der Waals surface area contributed by atoms with Gasteiger partial charge < -0.3 is 4.74 Å². The summed E-state index contributed by atoms with van der Waals surface area (Å²) in [5.41, 5.74) is 4.15. The van der Waals surface area contributed by atoms with Crippen molar-refractivity contribution in [3.8, 4) is 11.3 Å². The molecule has 0 aliphatic rings. The number of ether oxygens (including phenoxy) is 1. The third kappa shape index (κ3) is 4.57. The molecule has 0 fully saturated rings. The molecule has 0 unspecified atom stereocenters. The van der Waals surface area contributed by atoms with Crippen molar-refractivity contribution in [1.29, 1.82) is 0 Å². The van der Waals surface area contributed by atoms with E-state index in [1.807, 2.05) is 55.5 Å². The zero-order valence-corrected chi connectivity index (χ0v) is 18.7. The first-order valence-corrected chi connectivity index (χ1v) is 10.7. The Morgan fingerprint density at radius 3 is 2.35 bits per heavy atom. The summed E-state index contributed by atoms with van der Waals surface area (Å²) in [6, 6.07) is 24.0. The molecule has 0 aliphatic carbocycles. The van der Waals surface area contributed by atoms with Crippen molar-refractivity contribution >= 4 is 38.6 Å². The minimum Gasteiger partial charge on any atom is -0.451 e. The fraction of sp³-hybridized carbons (Fsp3) is 0.115. The van der Waals surface area contributed by atoms with Crippen molar-refractivity contribution in [3.63, 3.8) is 0 Å². The van der Waals surface area contributed by atoms with Crippen molar-refractivity contribution in [2.24, 2.45) is 0 Å². The van der Waals surface area contributed by atoms with E-state index < -0.39 is 12.1 Å². The summed E-state index contributed by atoms with van der Waals surface area (Å²) < 4.78 is 6.55. The second kappa shape index (κ2) is 8.82. The third-order valence-corrected chi connectivity index (χ3v) is 5.56. The Morgan fingerprint density at radius 1 is 0.935 bits per heavy atom. The first-order valence-electron chi connectivity index (χ1n) is 9.90. The SMILES string of the molecule is Cc1ccc2nc(-c3ccc(Br)cc3)cc(C(=O)O[C@@H](C)C(=O)c3ccccc3)c2c1. The molecule has 154 valence electrons. The molecule has 0 saturated heterocycles. The zero-order chi connectivity index (χ0) is 22.0. The number of hydrogen-bond donors (Lipinski definition) is 0. The highest BCUT2D eigenvalue weighted by molar-refractivity contribution is 9.10. The van der Waals surface area contributed by atoms with E-state index >= 15 is 0 Å². The summed E-state index contributed by atoms with van der Waals surface area (Å²) in [6.07, 6.45) is -0.904. The lowest BCUT2D eigenvalue weighted by atomic mass is 10.0. The largest absolute Gasteiger partial charge is 0.451 e. The lowest BCUT2D eigenvalue weighted by Crippen LogP contribution is -2.24. The number of carbonyl (C=O) groups is 2. The maximum absolute atomic E-state index is 13.1. The summed E-state index contributed by atoms with van der Waals surface area (Å²) in [5.74, 6) is -0.787. The number of nitrogens with zero attached hydrogens (tertiary/aromatic N) is 1. The van der Waals surface area contributed by atoms with E-state index in [0.717, 1.165) is 15.6 Å². The maximum Gasteiger partial charge on any atom is 0.339 e. The van der Waals surface area contributed by atoms with Crippen LogP contribution in [0.25, 0.3) is 22.2 Å². The molecule has 31 heavy (non-hydrogen) atoms. The maximum atomic E-state index is 13.1. The number of esters is 1. The van der Waals surface area contributed by atoms with Gasteiger partial charge >= 0.3 is 5.97 Å². The zero-order valence-electron chi connectivity index (χ0n) is 17.1. The van der Waals surface area contributed by atoms with Crippen LogP contribution in [-0.2, 0) is 4.74 Å². The predicted molar refractivity (Wildman–Crippen MR) is 125 cm³/mol. The predicted octanol–water partition coefficient (Wildman–Crippen LogP) is 6.40. The van der Waals surface area contributed by atoms with Crippen LogP contribution >= 0.6 is 15.9 Å². The molecular formula is C26H20BrNO3. The van der Waals surface area contributed by atoms with Gasteiger partial charge in [-0.3, -0.25) is 4.79 Å². The minimum atomic E-state index is -0.904. The average molecular weight is 474 g/mol. The molecule has 0 spiro atoms. The summed E-state index contributed by atoms with van der Waals surface area (Å²) in [6.45, 7) is 3.55. The van der Waals surface area contributed by atoms with Gasteiger partial charge in [0, 0.05) is 21.0 Å². The monoisotopic (exact) mass is 473 g/mol. The van der Waals surface area contributed by atoms with Crippen LogP contribution in [-0.4, -0.2) is 22.8 Å². The van der Waals surface area contributed by atoms with Gasteiger partial charge in [0.25, 0.3) is 0 Å². The van der Waals surface area contributed by atoms with Gasteiger partial charge in [-0.1, -0.05) is 70.0 Å². The molecule has 0 saturated carbocycles. The standard InChI is InChI=1S/C26H20BrNO3/c1-16-8-13-23-21(14-16)22(15-24(28-23)18-9-11-20(27)12-10-18)26(30)31-17(2)25(29)19-6-4-3-5-7-19/h3-15,17H,1-2H3/t17-/m0/s1. The van der Waals surface area contributed by atoms with Crippen molar-refractivity contribution < 1.29 is 14.3 Å². The summed E-state index contributed by atoms with van der Waals surface area (Å²) in [5, 5.41) is 0.699. The number of fused-ring (bicyclic) bond motifs is 1. The Balaban J connectivity index is 1.72. The topological polar surface area (TPSA) is 56.3 Å². The number of rotatable bonds is 5. The molecule has 4 aromatic rings. The quantitative estimate of drug-likeness (QED) is 0.248. The van der Waals surface area contributed by atoms with Crippen molar-refractivity contribution in [2.45, 2.75) is 20.0 Å². The molecule has 4 rings (SSSR count). The number of benzene rings is 3. The highest BCUT2D eigenvalue weighted by Crippen LogP contribution is 2.27. The lowest BCUT2D eigenvalue weighted by Gasteiger charge is -2.15. The van der Waals surface area contributed by atoms with E-state index in [4.69, 9.17) is 9.72 Å². The fourth-order valence-corrected chi connectivity index (χ4v) is 3.66. The number of ketones is 1. The van der Waals surface area contributed by atoms with Gasteiger partial charge in [0.1, 0.15) is 0 Å². The van der Waals surface area contributed by atoms with Gasteiger partial charge in [0.2, 0.25) is 5.78 Å². The summed E-state index contributed by atoms with van der Waals surface area (Å²) in [4.78, 5) is 30.5. The first kappa shape index (κ1) is 20.9. The lowest BCUT2D eigenvalue weighted by molar-refractivity contribution is 0.0320. The van der Waals surface area contributed by atoms with E-state index in [9.17, 15) is 9.59 Å². The molecule has 5 heteroatoms. The first-order chi connectivity index (χ1) is 14.9. The van der Waals surface area contributed by atoms with Crippen LogP contribution in [0.3, 0.4) is 0 Å². The summed E-state index contributed by atoms with van der Waals surface area (Å²) >= 11 is 3.44. The third-order valence-electron chi connectivity index (χ3n) is 5.04. The van der Waals surface area contributed by atoms with Crippen molar-refractivity contribution in [1.82, 2.24) is 4.98 Å². The normalized spacial score (nSPS) is 11.8. The van der Waals surface area contributed by atoms with E-state index in [2.05, 4.69) is 15.9 Å². The number of aryl methyl sites for hydroxylation is 1. The second-order valence-corrected chi connectivity index (χ2v) is 8.28. The van der Waals surface area contributed by atoms with Gasteiger partial charge in [-0.25, -0.2) is 9.78 Å². The molecule has 0 N–H and O–H groups in total. The Labute approximate surface area is 189 Å². The Hall–Kier alpha value is -3.31. The Morgan fingerprint density at radius 2 is 1.65 bits per heavy atom. The molecule has 1 aromatic heterocycles. The molecular weight excluding hydrogens is 454 g/mol. The van der Waals surface area contributed by atoms with Gasteiger partial charge in [-0.15, -0.1) is 0 Å². The molecule has 0 bridgehead atoms. The van der Waals surface area contributed by atoms with E-state index in [1.54, 1.807) is 37.3 Å². The van der Waals surface area contributed by atoms with E-state index in [-0.39, 0.29) is 5.78 Å². The van der Waals surface area contributed by atoms with Crippen LogP contribution in [0.5, 0.6) is 0 Å². The van der Waals surface area contributed by atoms with Gasteiger partial charge in [0.05, 0.1) is 16.8 Å². The average Bonchev–Trinajstić information content (AvgIpc) is 2.78. The minimum absolute atomic E-state index is 0.239. The van der Waals surface area contributed by atoms with E-state index in [1.165, 1.54) is 0 Å². The number of halogens is 1. The molecule has 3 aromatic carbocycles. The van der Waals surface area contributed by atoms with Gasteiger partial charge in [0.15, 0.2) is 6.10 Å². The van der Waals surface area contributed by atoms with Crippen molar-refractivity contribution in [3.05, 3.63) is 100 Å². The molecule has 0 aliphatic heterocycles. The summed E-state index contributed by atoms with van der Waals surface area (Å²) in [7, 11) is 0. The van der Waals surface area contributed by atoms with Crippen LogP contribution in [0.4, 0.5) is 0 Å². The van der Waals surface area contributed by atoms with E-state index in [0.29, 0.717) is 27.7 Å². The highest BCUT2D eigenvalue weighted by atomic mass is 79.9. The Kier molecular flexibility index (Phi) is 5.96. The van der Waals surface area contributed by atoms with Gasteiger partial charge in [-0.05, 0) is 44.2 Å². The number of carbonyl (C=O) groups excluding carboxylic acids is 2. The number of pyridine rings is 1. The molecule has 4 nitrogen and oxygen atoms in total. The fourth-order valence-electron chi connectivity index (χ4n) is 3.39. The smallest absolute Gasteiger partial charge is 0.339 e. The van der Waals surface area contributed by atoms with Crippen LogP contribution in [0.2, 0.25) is 0 Å². The number of Topliss-reactive ketones (excluding diaryl/α,β-unsaturated/α-hetero) is 1. The molecule has 0 amide bonds. The highest BCUT2D eigenvalue weighted by Gasteiger charge is 2.22. The molecule has 1 atom stereocenters. The van der Waals surface area contributed by atoms with Crippen LogP contribution in [0.15, 0.2) is 83.3 Å². The van der Waals surface area contributed by atoms with Crippen LogP contribution < -0.4 is 0 Å². The molecule has 0 radical (unpaired) electrons. The second-order valence-electron chi connectivity index (χ2n) is 7.36. The molecule has 1 heterocycles. The van der Waals surface area contributed by atoms with Crippen LogP contribution in [0.1, 0.15) is 33.2 Å². The van der Waals surface area contributed by atoms with Crippen molar-refractivity contribution in [2.75, 3.05) is 0 Å². The Bertz CT molecular complexity index is 1270. The van der Waals surface area contributed by atoms with Crippen LogP contribution in [0, 0.1) is 6.92 Å². The number of aromatic nitrogens is 1. The van der Waals surface area contributed by atoms with Gasteiger partial charge in [-0.2, -0.15) is 0 Å².